The fourth-order valence-electron chi connectivity index (χ4n) is 2.59. The SMILES string of the molecule is CNC(=O)c1nn(C[C@@H](O)c2ccccc2)c(=O)c2ccccc12. The number of nitrogens with one attached hydrogen (secondary N) is 1. The molecule has 3 aromatic rings. The number of nitrogens with zero attached hydrogens (tertiary/aromatic N) is 2. The summed E-state index contributed by atoms with van der Waals surface area (Å²) in [6.07, 6.45) is -0.893. The molecule has 0 unspecified atom stereocenters. The third-order valence-corrected chi connectivity index (χ3v) is 3.84. The second kappa shape index (κ2) is 6.64. The first-order valence-electron chi connectivity index (χ1n) is 7.56. The van der Waals surface area contributed by atoms with Gasteiger partial charge in [0.05, 0.1) is 18.0 Å². The predicted octanol–water partition coefficient (Wildman–Crippen LogP) is 1.49. The highest BCUT2D eigenvalue weighted by atomic mass is 16.3. The molecule has 0 radical (unpaired) electrons. The van der Waals surface area contributed by atoms with Crippen molar-refractivity contribution in [3.8, 4) is 0 Å². The fraction of sp³-hybridized carbons (Fsp3) is 0.167. The number of benzene rings is 2. The highest BCUT2D eigenvalue weighted by Crippen LogP contribution is 2.16. The van der Waals surface area contributed by atoms with E-state index in [0.717, 1.165) is 4.68 Å². The number of carbonyl (C=O) groups excluding carboxylic acids is 1. The Morgan fingerprint density at radius 1 is 1.12 bits per heavy atom. The van der Waals surface area contributed by atoms with Crippen LogP contribution in [0.1, 0.15) is 22.2 Å². The Bertz CT molecular complexity index is 935. The largest absolute Gasteiger partial charge is 0.386 e. The summed E-state index contributed by atoms with van der Waals surface area (Å²) in [5, 5.41) is 17.9. The number of fused-ring (bicyclic) bond motifs is 1. The molecule has 0 saturated heterocycles. The summed E-state index contributed by atoms with van der Waals surface area (Å²) >= 11 is 0. The monoisotopic (exact) mass is 323 g/mol. The quantitative estimate of drug-likeness (QED) is 0.762. The summed E-state index contributed by atoms with van der Waals surface area (Å²) < 4.78 is 1.14. The van der Waals surface area contributed by atoms with Gasteiger partial charge in [0.25, 0.3) is 11.5 Å². The molecule has 2 aromatic carbocycles. The molecule has 1 amide bonds. The van der Waals surface area contributed by atoms with Gasteiger partial charge in [0, 0.05) is 12.4 Å². The Morgan fingerprint density at radius 2 is 1.75 bits per heavy atom. The van der Waals surface area contributed by atoms with E-state index in [1.165, 1.54) is 7.05 Å². The molecule has 0 bridgehead atoms. The van der Waals surface area contributed by atoms with Gasteiger partial charge in [-0.25, -0.2) is 4.68 Å². The van der Waals surface area contributed by atoms with Crippen LogP contribution in [-0.4, -0.2) is 27.8 Å². The number of aliphatic hydroxyl groups is 1. The third kappa shape index (κ3) is 2.91. The van der Waals surface area contributed by atoms with Gasteiger partial charge in [-0.2, -0.15) is 5.10 Å². The molecule has 2 N–H and O–H groups in total. The average molecular weight is 323 g/mol. The molecule has 0 aliphatic rings. The maximum Gasteiger partial charge on any atom is 0.274 e. The molecule has 122 valence electrons. The number of rotatable bonds is 4. The summed E-state index contributed by atoms with van der Waals surface area (Å²) in [6, 6.07) is 15.8. The van der Waals surface area contributed by atoms with Crippen molar-refractivity contribution in [2.45, 2.75) is 12.6 Å². The van der Waals surface area contributed by atoms with Crippen LogP contribution in [-0.2, 0) is 6.54 Å². The first kappa shape index (κ1) is 15.9. The normalized spacial score (nSPS) is 12.1. The van der Waals surface area contributed by atoms with Crippen molar-refractivity contribution in [3.63, 3.8) is 0 Å². The minimum Gasteiger partial charge on any atom is -0.386 e. The van der Waals surface area contributed by atoms with Gasteiger partial charge in [-0.15, -0.1) is 0 Å². The summed E-state index contributed by atoms with van der Waals surface area (Å²) in [6.45, 7) is -0.0301. The van der Waals surface area contributed by atoms with Gasteiger partial charge in [-0.1, -0.05) is 48.5 Å². The van der Waals surface area contributed by atoms with E-state index < -0.39 is 6.10 Å². The molecule has 24 heavy (non-hydrogen) atoms. The van der Waals surface area contributed by atoms with Crippen LogP contribution < -0.4 is 10.9 Å². The van der Waals surface area contributed by atoms with Gasteiger partial charge < -0.3 is 10.4 Å². The van der Waals surface area contributed by atoms with E-state index in [9.17, 15) is 14.7 Å². The van der Waals surface area contributed by atoms with Crippen LogP contribution >= 0.6 is 0 Å². The Morgan fingerprint density at radius 3 is 2.42 bits per heavy atom. The summed E-state index contributed by atoms with van der Waals surface area (Å²) in [4.78, 5) is 24.7. The standard InChI is InChI=1S/C18H17N3O3/c1-19-17(23)16-13-9-5-6-10-14(13)18(24)21(20-16)11-15(22)12-7-3-2-4-8-12/h2-10,15,22H,11H2,1H3,(H,19,23)/t15-/m1/s1. The number of hydrogen-bond donors (Lipinski definition) is 2. The van der Waals surface area contributed by atoms with E-state index in [1.807, 2.05) is 18.2 Å². The molecule has 6 heteroatoms. The van der Waals surface area contributed by atoms with Crippen LogP contribution in [0.25, 0.3) is 10.8 Å². The van der Waals surface area contributed by atoms with Gasteiger partial charge in [-0.3, -0.25) is 9.59 Å². The van der Waals surface area contributed by atoms with Crippen LogP contribution in [0.3, 0.4) is 0 Å². The lowest BCUT2D eigenvalue weighted by Crippen LogP contribution is -2.30. The van der Waals surface area contributed by atoms with Crippen LogP contribution in [0.2, 0.25) is 0 Å². The zero-order valence-electron chi connectivity index (χ0n) is 13.1. The Kier molecular flexibility index (Phi) is 4.39. The molecule has 1 heterocycles. The molecule has 0 spiro atoms. The number of amides is 1. The molecule has 3 rings (SSSR count). The summed E-state index contributed by atoms with van der Waals surface area (Å²) in [5.41, 5.74) is 0.502. The van der Waals surface area contributed by atoms with Crippen molar-refractivity contribution in [1.82, 2.24) is 15.1 Å². The van der Waals surface area contributed by atoms with Crippen molar-refractivity contribution < 1.29 is 9.90 Å². The summed E-state index contributed by atoms with van der Waals surface area (Å²) in [5.74, 6) is -0.380. The maximum absolute atomic E-state index is 12.6. The lowest BCUT2D eigenvalue weighted by atomic mass is 10.1. The maximum atomic E-state index is 12.6. The molecule has 1 aromatic heterocycles. The molecule has 6 nitrogen and oxygen atoms in total. The smallest absolute Gasteiger partial charge is 0.274 e. The highest BCUT2D eigenvalue weighted by molar-refractivity contribution is 6.04. The van der Waals surface area contributed by atoms with E-state index in [2.05, 4.69) is 10.4 Å². The highest BCUT2D eigenvalue weighted by Gasteiger charge is 2.17. The van der Waals surface area contributed by atoms with Crippen LogP contribution in [0, 0.1) is 0 Å². The Labute approximate surface area is 138 Å². The number of aromatic nitrogens is 2. The van der Waals surface area contributed by atoms with Gasteiger partial charge in [-0.05, 0) is 11.6 Å². The number of carbonyl (C=O) groups is 1. The fourth-order valence-corrected chi connectivity index (χ4v) is 2.59. The minimum atomic E-state index is -0.893. The molecule has 1 atom stereocenters. The van der Waals surface area contributed by atoms with Crippen molar-refractivity contribution in [1.29, 1.82) is 0 Å². The molecule has 0 aliphatic carbocycles. The Balaban J connectivity index is 2.10. The van der Waals surface area contributed by atoms with Gasteiger partial charge in [0.1, 0.15) is 0 Å². The van der Waals surface area contributed by atoms with Crippen molar-refractivity contribution in [2.24, 2.45) is 0 Å². The van der Waals surface area contributed by atoms with Crippen LogP contribution in [0.15, 0.2) is 59.4 Å². The lowest BCUT2D eigenvalue weighted by Gasteiger charge is -2.14. The zero-order chi connectivity index (χ0) is 17.1. The zero-order valence-corrected chi connectivity index (χ0v) is 13.1. The van der Waals surface area contributed by atoms with Crippen LogP contribution in [0.4, 0.5) is 0 Å². The summed E-state index contributed by atoms with van der Waals surface area (Å²) in [7, 11) is 1.51. The first-order chi connectivity index (χ1) is 11.6. The second-order valence-electron chi connectivity index (χ2n) is 5.39. The molecular weight excluding hydrogens is 306 g/mol. The predicted molar refractivity (Wildman–Crippen MR) is 90.8 cm³/mol. The van der Waals surface area contributed by atoms with E-state index >= 15 is 0 Å². The van der Waals surface area contributed by atoms with E-state index in [0.29, 0.717) is 16.3 Å². The molecule has 0 fully saturated rings. The van der Waals surface area contributed by atoms with Gasteiger partial charge in [0.2, 0.25) is 0 Å². The first-order valence-corrected chi connectivity index (χ1v) is 7.56. The van der Waals surface area contributed by atoms with Gasteiger partial charge in [0.15, 0.2) is 5.69 Å². The number of aliphatic hydroxyl groups excluding tert-OH is 1. The van der Waals surface area contributed by atoms with E-state index in [1.54, 1.807) is 36.4 Å². The van der Waals surface area contributed by atoms with E-state index in [-0.39, 0.29) is 23.7 Å². The van der Waals surface area contributed by atoms with Crippen molar-refractivity contribution >= 4 is 16.7 Å². The van der Waals surface area contributed by atoms with Crippen molar-refractivity contribution in [2.75, 3.05) is 7.05 Å². The third-order valence-electron chi connectivity index (χ3n) is 3.84. The molecule has 0 saturated carbocycles. The van der Waals surface area contributed by atoms with Crippen molar-refractivity contribution in [3.05, 3.63) is 76.2 Å². The minimum absolute atomic E-state index is 0.0301. The second-order valence-corrected chi connectivity index (χ2v) is 5.39. The van der Waals surface area contributed by atoms with Gasteiger partial charge >= 0.3 is 0 Å². The lowest BCUT2D eigenvalue weighted by molar-refractivity contribution is 0.0954. The molecular formula is C18H17N3O3. The topological polar surface area (TPSA) is 84.2 Å². The van der Waals surface area contributed by atoms with E-state index in [4.69, 9.17) is 0 Å². The van der Waals surface area contributed by atoms with Crippen LogP contribution in [0.5, 0.6) is 0 Å². The molecule has 0 aliphatic heterocycles. The number of hydrogen-bond acceptors (Lipinski definition) is 4. The Hall–Kier alpha value is -2.99. The average Bonchev–Trinajstić information content (AvgIpc) is 2.64.